The van der Waals surface area contributed by atoms with Gasteiger partial charge in [0.15, 0.2) is 9.84 Å². The van der Waals surface area contributed by atoms with Crippen LogP contribution >= 0.6 is 0 Å². The van der Waals surface area contributed by atoms with Crippen LogP contribution in [-0.4, -0.2) is 37.3 Å². The second-order valence-corrected chi connectivity index (χ2v) is 11.1. The molecule has 0 unspecified atom stereocenters. The average molecular weight is 382 g/mol. The highest BCUT2D eigenvalue weighted by Gasteiger charge is 2.33. The molecule has 0 aromatic heterocycles. The van der Waals surface area contributed by atoms with E-state index < -0.39 is 32.2 Å². The van der Waals surface area contributed by atoms with Gasteiger partial charge in [-0.1, -0.05) is 36.9 Å². The summed E-state index contributed by atoms with van der Waals surface area (Å²) in [5.74, 6) is -0.415. The lowest BCUT2D eigenvalue weighted by molar-refractivity contribution is -0.157. The van der Waals surface area contributed by atoms with E-state index in [1.807, 2.05) is 30.3 Å². The first-order valence-corrected chi connectivity index (χ1v) is 10.1. The van der Waals surface area contributed by atoms with Gasteiger partial charge in [0.2, 0.25) is 0 Å². The molecule has 0 saturated carbocycles. The van der Waals surface area contributed by atoms with Crippen LogP contribution in [0.4, 0.5) is 0 Å². The second kappa shape index (κ2) is 8.35. The molecule has 1 rings (SSSR count). The minimum atomic E-state index is -3.51. The molecule has 6 heteroatoms. The van der Waals surface area contributed by atoms with Gasteiger partial charge < -0.3 is 4.74 Å². The lowest BCUT2D eigenvalue weighted by Crippen LogP contribution is -2.44. The molecule has 0 spiro atoms. The van der Waals surface area contributed by atoms with Gasteiger partial charge in [-0.3, -0.25) is 10.1 Å². The molecule has 26 heavy (non-hydrogen) atoms. The number of hydrogen-bond donors (Lipinski definition) is 1. The van der Waals surface area contributed by atoms with Gasteiger partial charge >= 0.3 is 5.97 Å². The molecular weight excluding hydrogens is 350 g/mol. The van der Waals surface area contributed by atoms with Crippen molar-refractivity contribution in [2.24, 2.45) is 0 Å². The monoisotopic (exact) mass is 381 g/mol. The van der Waals surface area contributed by atoms with Crippen molar-refractivity contribution in [2.75, 3.05) is 6.54 Å². The topological polar surface area (TPSA) is 72.5 Å². The van der Waals surface area contributed by atoms with Crippen molar-refractivity contribution < 1.29 is 17.9 Å². The quantitative estimate of drug-likeness (QED) is 0.734. The van der Waals surface area contributed by atoms with Crippen LogP contribution in [0.3, 0.4) is 0 Å². The molecular formula is C20H31NO4S. The molecule has 5 nitrogen and oxygen atoms in total. The average Bonchev–Trinajstić information content (AvgIpc) is 2.49. The first kappa shape index (κ1) is 22.4. The van der Waals surface area contributed by atoms with Gasteiger partial charge in [0, 0.05) is 6.54 Å². The summed E-state index contributed by atoms with van der Waals surface area (Å²) in [6.07, 6.45) is 0.401. The normalized spacial score (nSPS) is 13.9. The Bertz CT molecular complexity index is 725. The molecule has 1 aromatic carbocycles. The summed E-state index contributed by atoms with van der Waals surface area (Å²) in [6.45, 7) is 14.0. The van der Waals surface area contributed by atoms with Crippen molar-refractivity contribution in [3.63, 3.8) is 0 Å². The van der Waals surface area contributed by atoms with Crippen molar-refractivity contribution in [3.05, 3.63) is 47.4 Å². The first-order chi connectivity index (χ1) is 11.7. The Morgan fingerprint density at radius 1 is 1.12 bits per heavy atom. The molecule has 0 amide bonds. The molecule has 0 heterocycles. The highest BCUT2D eigenvalue weighted by atomic mass is 32.2. The fourth-order valence-corrected chi connectivity index (χ4v) is 3.37. The Kier molecular flexibility index (Phi) is 7.19. The van der Waals surface area contributed by atoms with Gasteiger partial charge in [-0.05, 0) is 53.5 Å². The number of ether oxygens (including phenoxy) is 1. The largest absolute Gasteiger partial charge is 0.459 e. The number of nitrogens with one attached hydrogen (secondary N) is 1. The molecule has 0 saturated heterocycles. The molecule has 0 aliphatic heterocycles. The zero-order valence-electron chi connectivity index (χ0n) is 16.6. The standard InChI is InChI=1S/C20H31NO4S/c1-15(26(23,24)20(5,6)7)14-21-17(18(22)25-19(2,3)4)13-16-11-9-8-10-12-16/h8-12,17,21H,1,13-14H2,2-7H3/t17-/m0/s1. The molecule has 1 N–H and O–H groups in total. The summed E-state index contributed by atoms with van der Waals surface area (Å²) in [6, 6.07) is 8.86. The van der Waals surface area contributed by atoms with E-state index in [4.69, 9.17) is 4.74 Å². The van der Waals surface area contributed by atoms with Crippen molar-refractivity contribution in [1.29, 1.82) is 0 Å². The number of carbonyl (C=O) groups excluding carboxylic acids is 1. The maximum Gasteiger partial charge on any atom is 0.324 e. The molecule has 146 valence electrons. The third-order valence-electron chi connectivity index (χ3n) is 3.71. The molecule has 1 aromatic rings. The van der Waals surface area contributed by atoms with Crippen LogP contribution < -0.4 is 5.32 Å². The number of hydrogen-bond acceptors (Lipinski definition) is 5. The maximum atomic E-state index is 12.6. The van der Waals surface area contributed by atoms with Crippen LogP contribution in [0.25, 0.3) is 0 Å². The minimum absolute atomic E-state index is 0.00362. The predicted molar refractivity (Wildman–Crippen MR) is 106 cm³/mol. The number of benzene rings is 1. The van der Waals surface area contributed by atoms with Crippen molar-refractivity contribution in [3.8, 4) is 0 Å². The lowest BCUT2D eigenvalue weighted by Gasteiger charge is -2.26. The van der Waals surface area contributed by atoms with Crippen molar-refractivity contribution >= 4 is 15.8 Å². The summed E-state index contributed by atoms with van der Waals surface area (Å²) in [5.41, 5.74) is 0.336. The van der Waals surface area contributed by atoms with E-state index in [1.54, 1.807) is 41.5 Å². The van der Waals surface area contributed by atoms with Crippen LogP contribution in [0.2, 0.25) is 0 Å². The summed E-state index contributed by atoms with van der Waals surface area (Å²) >= 11 is 0. The van der Waals surface area contributed by atoms with E-state index in [9.17, 15) is 13.2 Å². The molecule has 0 fully saturated rings. The summed E-state index contributed by atoms with van der Waals surface area (Å²) in [7, 11) is -3.51. The highest BCUT2D eigenvalue weighted by Crippen LogP contribution is 2.22. The summed E-state index contributed by atoms with van der Waals surface area (Å²) in [5, 5.41) is 3.02. The SMILES string of the molecule is C=C(CN[C@@H](Cc1ccccc1)C(=O)OC(C)(C)C)S(=O)(=O)C(C)(C)C. The smallest absolute Gasteiger partial charge is 0.324 e. The first-order valence-electron chi connectivity index (χ1n) is 8.66. The van der Waals surface area contributed by atoms with E-state index in [0.717, 1.165) is 5.56 Å². The van der Waals surface area contributed by atoms with Crippen LogP contribution in [0, 0.1) is 0 Å². The Labute approximate surface area is 157 Å². The van der Waals surface area contributed by atoms with E-state index >= 15 is 0 Å². The third kappa shape index (κ3) is 6.57. The Hall–Kier alpha value is -1.66. The van der Waals surface area contributed by atoms with E-state index in [1.165, 1.54) is 0 Å². The zero-order valence-corrected chi connectivity index (χ0v) is 17.4. The maximum absolute atomic E-state index is 12.6. The van der Waals surface area contributed by atoms with Gasteiger partial charge in [0.25, 0.3) is 0 Å². The lowest BCUT2D eigenvalue weighted by atomic mass is 10.1. The Morgan fingerprint density at radius 2 is 1.65 bits per heavy atom. The summed E-state index contributed by atoms with van der Waals surface area (Å²) < 4.78 is 29.5. The molecule has 0 aliphatic carbocycles. The number of sulfone groups is 1. The van der Waals surface area contributed by atoms with Gasteiger partial charge in [0.05, 0.1) is 9.65 Å². The van der Waals surface area contributed by atoms with Crippen LogP contribution in [0.1, 0.15) is 47.1 Å². The molecule has 0 aliphatic rings. The van der Waals surface area contributed by atoms with Crippen molar-refractivity contribution in [2.45, 2.75) is 64.4 Å². The number of carbonyl (C=O) groups is 1. The fourth-order valence-electron chi connectivity index (χ4n) is 2.23. The van der Waals surface area contributed by atoms with Crippen LogP contribution in [0.15, 0.2) is 41.8 Å². The van der Waals surface area contributed by atoms with Gasteiger partial charge in [-0.15, -0.1) is 0 Å². The second-order valence-electron chi connectivity index (χ2n) is 8.31. The Morgan fingerprint density at radius 3 is 2.12 bits per heavy atom. The fraction of sp³-hybridized carbons (Fsp3) is 0.550. The van der Waals surface area contributed by atoms with E-state index in [-0.39, 0.29) is 11.4 Å². The van der Waals surface area contributed by atoms with Crippen molar-refractivity contribution in [1.82, 2.24) is 5.32 Å². The van der Waals surface area contributed by atoms with E-state index in [0.29, 0.717) is 6.42 Å². The molecule has 1 atom stereocenters. The van der Waals surface area contributed by atoms with Gasteiger partial charge in [-0.2, -0.15) is 0 Å². The third-order valence-corrected chi connectivity index (χ3v) is 6.22. The number of rotatable bonds is 7. The van der Waals surface area contributed by atoms with Crippen LogP contribution in [0.5, 0.6) is 0 Å². The Balaban J connectivity index is 2.92. The molecule has 0 bridgehead atoms. The summed E-state index contributed by atoms with van der Waals surface area (Å²) in [4.78, 5) is 12.6. The highest BCUT2D eigenvalue weighted by molar-refractivity contribution is 7.96. The number of esters is 1. The van der Waals surface area contributed by atoms with Gasteiger partial charge in [0.1, 0.15) is 11.6 Å². The zero-order chi connectivity index (χ0) is 20.2. The van der Waals surface area contributed by atoms with Crippen LogP contribution in [-0.2, 0) is 25.8 Å². The van der Waals surface area contributed by atoms with E-state index in [2.05, 4.69) is 11.9 Å². The minimum Gasteiger partial charge on any atom is -0.459 e. The predicted octanol–water partition coefficient (Wildman–Crippen LogP) is 3.26. The molecule has 0 radical (unpaired) electrons. The van der Waals surface area contributed by atoms with Gasteiger partial charge in [-0.25, -0.2) is 8.42 Å².